The van der Waals surface area contributed by atoms with Crippen LogP contribution >= 0.6 is 24.0 Å². The quantitative estimate of drug-likeness (QED) is 0.357. The van der Waals surface area contributed by atoms with Crippen molar-refractivity contribution in [3.8, 4) is 0 Å². The van der Waals surface area contributed by atoms with E-state index in [4.69, 9.17) is 17.3 Å². The maximum absolute atomic E-state index is 12.5. The molecule has 0 aliphatic carbocycles. The minimum atomic E-state index is -0.461. The number of hydrogen-bond donors (Lipinski definition) is 4. The molecule has 0 spiro atoms. The first-order chi connectivity index (χ1) is 14.4. The number of anilines is 3. The first-order valence-electron chi connectivity index (χ1n) is 10.2. The van der Waals surface area contributed by atoms with E-state index in [2.05, 4.69) is 32.8 Å². The maximum atomic E-state index is 12.5. The van der Waals surface area contributed by atoms with Crippen molar-refractivity contribution < 1.29 is 9.59 Å². The average molecular weight is 469 g/mol. The third-order valence-electron chi connectivity index (χ3n) is 4.62. The molecule has 1 heterocycles. The monoisotopic (exact) mass is 468 g/mol. The first-order valence-corrected chi connectivity index (χ1v) is 10.5. The Morgan fingerprint density at radius 3 is 2.52 bits per heavy atom. The largest absolute Gasteiger partial charge is 0.383 e. The molecule has 0 saturated carbocycles. The van der Waals surface area contributed by atoms with Crippen LogP contribution in [0, 0.1) is 6.92 Å². The van der Waals surface area contributed by atoms with E-state index >= 15 is 0 Å². The summed E-state index contributed by atoms with van der Waals surface area (Å²) < 4.78 is 0. The van der Waals surface area contributed by atoms with Crippen molar-refractivity contribution in [2.45, 2.75) is 52.4 Å². The van der Waals surface area contributed by atoms with Crippen LogP contribution in [0.1, 0.15) is 61.4 Å². The molecule has 1 aromatic heterocycles. The molecule has 5 N–H and O–H groups in total. The average Bonchev–Trinajstić information content (AvgIpc) is 2.70. The van der Waals surface area contributed by atoms with E-state index in [0.29, 0.717) is 17.3 Å². The lowest BCUT2D eigenvalue weighted by molar-refractivity contribution is 0.102. The van der Waals surface area contributed by atoms with Gasteiger partial charge >= 0.3 is 6.03 Å². The fraction of sp³-hybridized carbons (Fsp3) is 0.429. The Morgan fingerprint density at radius 2 is 1.81 bits per heavy atom. The van der Waals surface area contributed by atoms with Crippen LogP contribution in [-0.4, -0.2) is 28.5 Å². The number of nitrogen functional groups attached to an aromatic ring is 1. The van der Waals surface area contributed by atoms with E-state index in [0.717, 1.165) is 18.4 Å². The molecule has 31 heavy (non-hydrogen) atoms. The lowest BCUT2D eigenvalue weighted by atomic mass is 10.1. The summed E-state index contributed by atoms with van der Waals surface area (Å²) in [6, 6.07) is 4.80. The summed E-state index contributed by atoms with van der Waals surface area (Å²) >= 11 is 6.07. The number of benzene rings is 1. The van der Waals surface area contributed by atoms with E-state index in [1.165, 1.54) is 31.9 Å². The van der Waals surface area contributed by atoms with Gasteiger partial charge in [-0.15, -0.1) is 12.4 Å². The van der Waals surface area contributed by atoms with Gasteiger partial charge in [-0.2, -0.15) is 4.98 Å². The summed E-state index contributed by atoms with van der Waals surface area (Å²) in [7, 11) is 0. The van der Waals surface area contributed by atoms with Crippen molar-refractivity contribution in [3.05, 3.63) is 40.5 Å². The Morgan fingerprint density at radius 1 is 1.10 bits per heavy atom. The second-order valence-electron chi connectivity index (χ2n) is 7.01. The number of carbonyl (C=O) groups is 2. The van der Waals surface area contributed by atoms with Crippen molar-refractivity contribution in [3.63, 3.8) is 0 Å². The molecule has 0 aliphatic rings. The topological polar surface area (TPSA) is 122 Å². The normalized spacial score (nSPS) is 10.2. The number of aromatic nitrogens is 2. The zero-order valence-electron chi connectivity index (χ0n) is 17.8. The SMILES string of the molecule is CCCCCCCCNC(=O)Nc1ncc(C(=O)Nc2cccc(Cl)c2C)c(N)n1.Cl. The van der Waals surface area contributed by atoms with Crippen molar-refractivity contribution in [2.24, 2.45) is 0 Å². The van der Waals surface area contributed by atoms with Crippen molar-refractivity contribution >= 4 is 53.4 Å². The zero-order valence-corrected chi connectivity index (χ0v) is 19.4. The number of urea groups is 1. The number of hydrogen-bond acceptors (Lipinski definition) is 5. The van der Waals surface area contributed by atoms with Gasteiger partial charge in [0.05, 0.1) is 0 Å². The molecule has 170 valence electrons. The molecule has 3 amide bonds. The van der Waals surface area contributed by atoms with Gasteiger partial charge < -0.3 is 16.4 Å². The molecular formula is C21H30Cl2N6O2. The predicted molar refractivity (Wildman–Crippen MR) is 128 cm³/mol. The first kappa shape index (κ1) is 26.5. The summed E-state index contributed by atoms with van der Waals surface area (Å²) in [4.78, 5) is 32.5. The fourth-order valence-electron chi connectivity index (χ4n) is 2.82. The van der Waals surface area contributed by atoms with E-state index < -0.39 is 11.9 Å². The van der Waals surface area contributed by atoms with Crippen LogP contribution in [-0.2, 0) is 0 Å². The molecule has 0 unspecified atom stereocenters. The summed E-state index contributed by atoms with van der Waals surface area (Å²) in [6.07, 6.45) is 8.15. The summed E-state index contributed by atoms with van der Waals surface area (Å²) in [6.45, 7) is 4.56. The van der Waals surface area contributed by atoms with E-state index in [-0.39, 0.29) is 29.7 Å². The van der Waals surface area contributed by atoms with Gasteiger partial charge in [-0.3, -0.25) is 10.1 Å². The number of carbonyl (C=O) groups excluding carboxylic acids is 2. The van der Waals surface area contributed by atoms with Gasteiger partial charge in [-0.25, -0.2) is 9.78 Å². The predicted octanol–water partition coefficient (Wildman–Crippen LogP) is 5.18. The van der Waals surface area contributed by atoms with E-state index in [9.17, 15) is 9.59 Å². The van der Waals surface area contributed by atoms with Gasteiger partial charge in [0.15, 0.2) is 0 Å². The standard InChI is InChI=1S/C21H29ClN6O2.ClH/c1-3-4-5-6-7-8-12-24-21(30)28-20-25-13-15(18(23)27-20)19(29)26-17-11-9-10-16(22)14(17)2;/h9-11,13H,3-8,12H2,1-2H3,(H,26,29)(H4,23,24,25,27,28,30);1H. The zero-order chi connectivity index (χ0) is 21.9. The highest BCUT2D eigenvalue weighted by molar-refractivity contribution is 6.31. The summed E-state index contributed by atoms with van der Waals surface area (Å²) in [5, 5.41) is 8.57. The van der Waals surface area contributed by atoms with Gasteiger partial charge in [0.2, 0.25) is 5.95 Å². The molecule has 10 heteroatoms. The molecule has 2 aromatic rings. The molecule has 0 atom stereocenters. The fourth-order valence-corrected chi connectivity index (χ4v) is 2.99. The van der Waals surface area contributed by atoms with Gasteiger partial charge in [0.1, 0.15) is 11.4 Å². The van der Waals surface area contributed by atoms with Gasteiger partial charge in [-0.1, -0.05) is 56.7 Å². The molecule has 0 fully saturated rings. The molecular weight excluding hydrogens is 439 g/mol. The Balaban J connectivity index is 0.00000480. The van der Waals surface area contributed by atoms with Crippen LogP contribution in [0.4, 0.5) is 22.2 Å². The highest BCUT2D eigenvalue weighted by atomic mass is 35.5. The smallest absolute Gasteiger partial charge is 0.321 e. The summed E-state index contributed by atoms with van der Waals surface area (Å²) in [5.41, 5.74) is 7.31. The minimum absolute atomic E-state index is 0. The second-order valence-corrected chi connectivity index (χ2v) is 7.41. The highest BCUT2D eigenvalue weighted by Gasteiger charge is 2.15. The summed E-state index contributed by atoms with van der Waals surface area (Å²) in [5.74, 6) is -0.464. The number of nitrogens with one attached hydrogen (secondary N) is 3. The van der Waals surface area contributed by atoms with Gasteiger partial charge in [0, 0.05) is 23.5 Å². The maximum Gasteiger partial charge on any atom is 0.321 e. The van der Waals surface area contributed by atoms with Crippen LogP contribution < -0.4 is 21.7 Å². The third-order valence-corrected chi connectivity index (χ3v) is 5.03. The van der Waals surface area contributed by atoms with Crippen LogP contribution in [0.5, 0.6) is 0 Å². The number of unbranched alkanes of at least 4 members (excludes halogenated alkanes) is 5. The lowest BCUT2D eigenvalue weighted by Crippen LogP contribution is -2.30. The Kier molecular flexibility index (Phi) is 11.7. The number of nitrogens with two attached hydrogens (primary N) is 1. The minimum Gasteiger partial charge on any atom is -0.383 e. The molecule has 0 aliphatic heterocycles. The van der Waals surface area contributed by atoms with Gasteiger partial charge in [0.25, 0.3) is 5.91 Å². The van der Waals surface area contributed by atoms with Crippen LogP contribution in [0.25, 0.3) is 0 Å². The van der Waals surface area contributed by atoms with Crippen molar-refractivity contribution in [2.75, 3.05) is 22.9 Å². The molecule has 2 rings (SSSR count). The van der Waals surface area contributed by atoms with Crippen molar-refractivity contribution in [1.29, 1.82) is 0 Å². The molecule has 1 aromatic carbocycles. The lowest BCUT2D eigenvalue weighted by Gasteiger charge is -2.11. The molecule has 0 saturated heterocycles. The van der Waals surface area contributed by atoms with Crippen LogP contribution in [0.2, 0.25) is 5.02 Å². The molecule has 0 radical (unpaired) electrons. The third kappa shape index (κ3) is 8.59. The van der Waals surface area contributed by atoms with Crippen LogP contribution in [0.15, 0.2) is 24.4 Å². The number of halogens is 2. The Hall–Kier alpha value is -2.58. The van der Waals surface area contributed by atoms with Crippen molar-refractivity contribution in [1.82, 2.24) is 15.3 Å². The van der Waals surface area contributed by atoms with E-state index in [1.807, 2.05) is 0 Å². The van der Waals surface area contributed by atoms with E-state index in [1.54, 1.807) is 25.1 Å². The highest BCUT2D eigenvalue weighted by Crippen LogP contribution is 2.24. The molecule has 0 bridgehead atoms. The number of amides is 3. The van der Waals surface area contributed by atoms with Crippen LogP contribution in [0.3, 0.4) is 0 Å². The Labute approximate surface area is 194 Å². The number of rotatable bonds is 10. The Bertz CT molecular complexity index is 879. The second kappa shape index (κ2) is 13.7. The molecule has 8 nitrogen and oxygen atoms in total. The number of nitrogens with zero attached hydrogens (tertiary/aromatic N) is 2. The van der Waals surface area contributed by atoms with Gasteiger partial charge in [-0.05, 0) is 31.0 Å².